The van der Waals surface area contributed by atoms with E-state index in [2.05, 4.69) is 20.6 Å². The van der Waals surface area contributed by atoms with Crippen LogP contribution in [0.1, 0.15) is 52.1 Å². The van der Waals surface area contributed by atoms with Gasteiger partial charge in [0.05, 0.1) is 6.04 Å². The Morgan fingerprint density at radius 2 is 2.12 bits per heavy atom. The van der Waals surface area contributed by atoms with Gasteiger partial charge in [-0.2, -0.15) is 0 Å². The smallest absolute Gasteiger partial charge is 0.242 e. The Morgan fingerprint density at radius 1 is 1.32 bits per heavy atom. The highest BCUT2D eigenvalue weighted by Gasteiger charge is 2.34. The van der Waals surface area contributed by atoms with Crippen molar-refractivity contribution in [2.45, 2.75) is 58.0 Å². The molecule has 1 aromatic rings. The van der Waals surface area contributed by atoms with Crippen LogP contribution in [0.4, 0.5) is 0 Å². The van der Waals surface area contributed by atoms with E-state index in [0.717, 1.165) is 30.2 Å². The first kappa shape index (κ1) is 17.6. The predicted octanol–water partition coefficient (Wildman–Crippen LogP) is 2.30. The number of aliphatic imine (C=N–C) groups is 2. The highest BCUT2D eigenvalue weighted by atomic mass is 16.2. The largest absolute Gasteiger partial charge is 0.350 e. The van der Waals surface area contributed by atoms with Gasteiger partial charge in [-0.05, 0) is 45.7 Å². The van der Waals surface area contributed by atoms with Crippen molar-refractivity contribution in [3.05, 3.63) is 30.1 Å². The Kier molecular flexibility index (Phi) is 5.16. The molecule has 1 amide bonds. The van der Waals surface area contributed by atoms with Crippen LogP contribution < -0.4 is 10.6 Å². The molecule has 2 unspecified atom stereocenters. The van der Waals surface area contributed by atoms with Crippen molar-refractivity contribution in [1.82, 2.24) is 15.6 Å². The van der Waals surface area contributed by atoms with E-state index in [4.69, 9.17) is 4.99 Å². The molecule has 0 aromatic carbocycles. The summed E-state index contributed by atoms with van der Waals surface area (Å²) in [5, 5.41) is 6.30. The van der Waals surface area contributed by atoms with Gasteiger partial charge in [0.1, 0.15) is 18.1 Å². The van der Waals surface area contributed by atoms with Gasteiger partial charge in [-0.1, -0.05) is 18.9 Å². The van der Waals surface area contributed by atoms with E-state index < -0.39 is 0 Å². The third-order valence-electron chi connectivity index (χ3n) is 4.44. The van der Waals surface area contributed by atoms with Crippen molar-refractivity contribution in [1.29, 1.82) is 0 Å². The molecule has 1 aromatic heterocycles. The highest BCUT2D eigenvalue weighted by Crippen LogP contribution is 2.30. The Morgan fingerprint density at radius 3 is 2.84 bits per heavy atom. The number of rotatable bonds is 3. The van der Waals surface area contributed by atoms with Gasteiger partial charge in [0.25, 0.3) is 0 Å². The summed E-state index contributed by atoms with van der Waals surface area (Å²) < 4.78 is 0. The standard InChI is InChI=1S/C19H27N5O/c1-19(2,3)24-16(25)12-21-17-13-8-4-5-9-14(13)22-18(23-17)15-10-6-7-11-20-15/h6-7,10-11,13-14H,4-5,8-9,12H2,1-3H3,(H,24,25)(H,21,22,23). The summed E-state index contributed by atoms with van der Waals surface area (Å²) in [5.41, 5.74) is 0.573. The van der Waals surface area contributed by atoms with Crippen LogP contribution in [0.2, 0.25) is 0 Å². The monoisotopic (exact) mass is 341 g/mol. The number of hydrogen-bond donors (Lipinski definition) is 2. The topological polar surface area (TPSA) is 78.7 Å². The zero-order chi connectivity index (χ0) is 17.9. The fraction of sp³-hybridized carbons (Fsp3) is 0.579. The first-order valence-electron chi connectivity index (χ1n) is 9.04. The van der Waals surface area contributed by atoms with Crippen molar-refractivity contribution in [3.63, 3.8) is 0 Å². The molecule has 1 aliphatic heterocycles. The van der Waals surface area contributed by atoms with Crippen molar-refractivity contribution in [2.24, 2.45) is 15.9 Å². The molecule has 0 radical (unpaired) electrons. The van der Waals surface area contributed by atoms with E-state index in [-0.39, 0.29) is 30.0 Å². The second-order valence-corrected chi connectivity index (χ2v) is 7.78. The zero-order valence-electron chi connectivity index (χ0n) is 15.2. The second kappa shape index (κ2) is 7.33. The van der Waals surface area contributed by atoms with Crippen LogP contribution in [0, 0.1) is 5.92 Å². The highest BCUT2D eigenvalue weighted by molar-refractivity contribution is 6.11. The summed E-state index contributed by atoms with van der Waals surface area (Å²) in [6.07, 6.45) is 6.27. The van der Waals surface area contributed by atoms with Crippen molar-refractivity contribution in [3.8, 4) is 0 Å². The quantitative estimate of drug-likeness (QED) is 0.885. The minimum atomic E-state index is -0.245. The lowest BCUT2D eigenvalue weighted by atomic mass is 9.82. The molecular weight excluding hydrogens is 314 g/mol. The van der Waals surface area contributed by atoms with Gasteiger partial charge in [0.2, 0.25) is 5.91 Å². The average Bonchev–Trinajstić information content (AvgIpc) is 2.58. The number of pyridine rings is 1. The molecule has 3 rings (SSSR count). The first-order chi connectivity index (χ1) is 11.9. The molecule has 2 N–H and O–H groups in total. The number of hydrogen-bond acceptors (Lipinski definition) is 4. The third kappa shape index (κ3) is 4.65. The maximum Gasteiger partial charge on any atom is 0.242 e. The lowest BCUT2D eigenvalue weighted by molar-refractivity contribution is -0.121. The van der Waals surface area contributed by atoms with Gasteiger partial charge < -0.3 is 10.6 Å². The summed E-state index contributed by atoms with van der Waals surface area (Å²) in [4.78, 5) is 26.0. The molecular formula is C19H27N5O. The minimum absolute atomic E-state index is 0.0592. The molecule has 1 aliphatic carbocycles. The van der Waals surface area contributed by atoms with E-state index in [9.17, 15) is 4.79 Å². The van der Waals surface area contributed by atoms with Gasteiger partial charge in [0, 0.05) is 17.7 Å². The number of fused-ring (bicyclic) bond motifs is 1. The third-order valence-corrected chi connectivity index (χ3v) is 4.44. The number of aromatic nitrogens is 1. The number of nitrogens with zero attached hydrogens (tertiary/aromatic N) is 3. The molecule has 2 heterocycles. The predicted molar refractivity (Wildman–Crippen MR) is 99.9 cm³/mol. The fourth-order valence-corrected chi connectivity index (χ4v) is 3.40. The molecule has 2 atom stereocenters. The van der Waals surface area contributed by atoms with Gasteiger partial charge in [-0.3, -0.25) is 19.8 Å². The molecule has 1 fully saturated rings. The number of amides is 1. The number of amidine groups is 2. The summed E-state index contributed by atoms with van der Waals surface area (Å²) in [5.74, 6) is 1.86. The Hall–Kier alpha value is -2.24. The van der Waals surface area contributed by atoms with Gasteiger partial charge in [-0.25, -0.2) is 0 Å². The molecule has 1 saturated carbocycles. The summed E-state index contributed by atoms with van der Waals surface area (Å²) in [6.45, 7) is 6.05. The Balaban J connectivity index is 1.79. The van der Waals surface area contributed by atoms with Gasteiger partial charge in [0.15, 0.2) is 5.84 Å². The van der Waals surface area contributed by atoms with Crippen LogP contribution in [0.25, 0.3) is 0 Å². The van der Waals surface area contributed by atoms with Crippen LogP contribution >= 0.6 is 0 Å². The Labute approximate surface area is 149 Å². The SMILES string of the molecule is CC(C)(C)NC(=O)CN=C1NC(c2ccccn2)=NC2CCCCC12. The van der Waals surface area contributed by atoms with Crippen molar-refractivity contribution in [2.75, 3.05) is 6.54 Å². The van der Waals surface area contributed by atoms with Crippen molar-refractivity contribution < 1.29 is 4.79 Å². The van der Waals surface area contributed by atoms with Crippen LogP contribution in [0.5, 0.6) is 0 Å². The fourth-order valence-electron chi connectivity index (χ4n) is 3.40. The van der Waals surface area contributed by atoms with E-state index >= 15 is 0 Å². The molecule has 0 bridgehead atoms. The van der Waals surface area contributed by atoms with Crippen molar-refractivity contribution >= 4 is 17.6 Å². The average molecular weight is 341 g/mol. The van der Waals surface area contributed by atoms with E-state index in [1.807, 2.05) is 39.0 Å². The maximum atomic E-state index is 12.1. The van der Waals surface area contributed by atoms with E-state index in [1.54, 1.807) is 6.20 Å². The molecule has 0 spiro atoms. The minimum Gasteiger partial charge on any atom is -0.350 e. The number of carbonyl (C=O) groups is 1. The van der Waals surface area contributed by atoms with Crippen LogP contribution in [0.15, 0.2) is 34.4 Å². The van der Waals surface area contributed by atoms with Crippen LogP contribution in [-0.2, 0) is 4.79 Å². The molecule has 6 nitrogen and oxygen atoms in total. The second-order valence-electron chi connectivity index (χ2n) is 7.78. The summed E-state index contributed by atoms with van der Waals surface area (Å²) in [6, 6.07) is 6.02. The van der Waals surface area contributed by atoms with Gasteiger partial charge >= 0.3 is 0 Å². The zero-order valence-corrected chi connectivity index (χ0v) is 15.2. The van der Waals surface area contributed by atoms with Crippen LogP contribution in [-0.4, -0.2) is 40.7 Å². The number of nitrogens with one attached hydrogen (secondary N) is 2. The Bertz CT molecular complexity index is 675. The molecule has 6 heteroatoms. The van der Waals surface area contributed by atoms with E-state index in [0.29, 0.717) is 0 Å². The van der Waals surface area contributed by atoms with Crippen LogP contribution in [0.3, 0.4) is 0 Å². The molecule has 0 saturated heterocycles. The lowest BCUT2D eigenvalue weighted by Crippen LogP contribution is -2.48. The normalized spacial score (nSPS) is 24.9. The first-order valence-corrected chi connectivity index (χ1v) is 9.04. The molecule has 2 aliphatic rings. The van der Waals surface area contributed by atoms with Gasteiger partial charge in [-0.15, -0.1) is 0 Å². The lowest BCUT2D eigenvalue weighted by Gasteiger charge is -2.35. The molecule has 25 heavy (non-hydrogen) atoms. The summed E-state index contributed by atoms with van der Waals surface area (Å²) in [7, 11) is 0. The summed E-state index contributed by atoms with van der Waals surface area (Å²) >= 11 is 0. The maximum absolute atomic E-state index is 12.1. The molecule has 134 valence electrons. The van der Waals surface area contributed by atoms with E-state index in [1.165, 1.54) is 12.8 Å². The number of carbonyl (C=O) groups excluding carboxylic acids is 1.